The van der Waals surface area contributed by atoms with Crippen molar-refractivity contribution in [1.29, 1.82) is 0 Å². The zero-order valence-corrected chi connectivity index (χ0v) is 14.4. The Kier molecular flexibility index (Phi) is 4.30. The molecule has 0 N–H and O–H groups in total. The van der Waals surface area contributed by atoms with Gasteiger partial charge < -0.3 is 4.84 Å². The minimum Gasteiger partial charge on any atom is -0.335 e. The maximum Gasteiger partial charge on any atom is 0.259 e. The fraction of sp³-hybridized carbons (Fsp3) is 0.250. The number of para-hydroxylation sites is 1. The van der Waals surface area contributed by atoms with Gasteiger partial charge in [-0.2, -0.15) is 4.98 Å². The third-order valence-electron chi connectivity index (χ3n) is 3.94. The molecule has 2 aromatic carbocycles. The van der Waals surface area contributed by atoms with Gasteiger partial charge in [0, 0.05) is 0 Å². The van der Waals surface area contributed by atoms with Crippen molar-refractivity contribution in [2.24, 2.45) is 5.16 Å². The summed E-state index contributed by atoms with van der Waals surface area (Å²) in [5.41, 5.74) is 4.10. The Bertz CT molecular complexity index is 872. The predicted molar refractivity (Wildman–Crippen MR) is 97.5 cm³/mol. The molecule has 0 fully saturated rings. The van der Waals surface area contributed by atoms with Gasteiger partial charge in [0.25, 0.3) is 5.88 Å². The molecule has 1 aromatic heterocycles. The first-order valence-electron chi connectivity index (χ1n) is 7.97. The van der Waals surface area contributed by atoms with Crippen molar-refractivity contribution in [1.82, 2.24) is 9.97 Å². The smallest absolute Gasteiger partial charge is 0.259 e. The number of aromatic nitrogens is 2. The van der Waals surface area contributed by atoms with E-state index in [-0.39, 0.29) is 5.41 Å². The van der Waals surface area contributed by atoms with Crippen molar-refractivity contribution < 1.29 is 4.84 Å². The van der Waals surface area contributed by atoms with Crippen LogP contribution in [-0.4, -0.2) is 15.7 Å². The molecule has 4 heteroatoms. The molecule has 0 spiro atoms. The van der Waals surface area contributed by atoms with Crippen LogP contribution in [-0.2, 0) is 5.41 Å². The summed E-state index contributed by atoms with van der Waals surface area (Å²) in [7, 11) is 0. The number of nitrogens with zero attached hydrogens (tertiary/aromatic N) is 3. The Hall–Kier alpha value is -2.75. The highest BCUT2D eigenvalue weighted by Crippen LogP contribution is 2.23. The van der Waals surface area contributed by atoms with Crippen LogP contribution in [0.3, 0.4) is 0 Å². The summed E-state index contributed by atoms with van der Waals surface area (Å²) in [6, 6.07) is 16.1. The van der Waals surface area contributed by atoms with E-state index in [4.69, 9.17) is 4.84 Å². The lowest BCUT2D eigenvalue weighted by atomic mass is 9.86. The van der Waals surface area contributed by atoms with Gasteiger partial charge in [0.2, 0.25) is 0 Å². The van der Waals surface area contributed by atoms with E-state index in [2.05, 4.69) is 60.2 Å². The van der Waals surface area contributed by atoms with Gasteiger partial charge in [-0.05, 0) is 35.6 Å². The molecular formula is C20H21N3O. The van der Waals surface area contributed by atoms with Gasteiger partial charge >= 0.3 is 0 Å². The average Bonchev–Trinajstić information content (AvgIpc) is 2.59. The van der Waals surface area contributed by atoms with Crippen LogP contribution >= 0.6 is 0 Å². The number of fused-ring (bicyclic) bond motifs is 1. The lowest BCUT2D eigenvalue weighted by Gasteiger charge is -2.19. The molecule has 0 aliphatic heterocycles. The Labute approximate surface area is 142 Å². The number of hydrogen-bond donors (Lipinski definition) is 0. The van der Waals surface area contributed by atoms with E-state index in [1.54, 1.807) is 0 Å². The van der Waals surface area contributed by atoms with E-state index in [0.717, 1.165) is 22.2 Å². The lowest BCUT2D eigenvalue weighted by Crippen LogP contribution is -2.11. The second-order valence-corrected chi connectivity index (χ2v) is 6.79. The van der Waals surface area contributed by atoms with Crippen LogP contribution < -0.4 is 4.84 Å². The summed E-state index contributed by atoms with van der Waals surface area (Å²) in [5.74, 6) is 0.464. The van der Waals surface area contributed by atoms with Gasteiger partial charge in [-0.25, -0.2) is 4.98 Å². The maximum absolute atomic E-state index is 5.57. The average molecular weight is 319 g/mol. The summed E-state index contributed by atoms with van der Waals surface area (Å²) in [6.45, 7) is 8.53. The summed E-state index contributed by atoms with van der Waals surface area (Å²) in [4.78, 5) is 14.0. The highest BCUT2D eigenvalue weighted by Gasteiger charge is 2.13. The van der Waals surface area contributed by atoms with Crippen molar-refractivity contribution in [2.45, 2.75) is 33.1 Å². The number of oxime groups is 1. The molecule has 0 radical (unpaired) electrons. The zero-order valence-electron chi connectivity index (χ0n) is 14.4. The number of benzene rings is 2. The molecule has 0 bridgehead atoms. The molecule has 0 aliphatic rings. The predicted octanol–water partition coefficient (Wildman–Crippen LogP) is 4.73. The standard InChI is InChI=1S/C20H21N3O/c1-14(15-9-11-16(12-10-15)20(2,3)4)23-24-19-17-7-5-6-8-18(17)21-13-22-19/h5-13H,1-4H3/b23-14-. The molecule has 0 atom stereocenters. The first-order valence-corrected chi connectivity index (χ1v) is 7.97. The molecule has 0 saturated carbocycles. The SMILES string of the molecule is C/C(=N/Oc1ncnc2ccccc12)c1ccc(C(C)(C)C)cc1. The summed E-state index contributed by atoms with van der Waals surface area (Å²) >= 11 is 0. The van der Waals surface area contributed by atoms with Crippen LogP contribution in [0.5, 0.6) is 5.88 Å². The van der Waals surface area contributed by atoms with Gasteiger partial charge in [0.05, 0.1) is 16.6 Å². The quantitative estimate of drug-likeness (QED) is 0.518. The molecule has 3 aromatic rings. The third kappa shape index (κ3) is 3.43. The third-order valence-corrected chi connectivity index (χ3v) is 3.94. The molecule has 0 saturated heterocycles. The first-order chi connectivity index (χ1) is 11.4. The number of rotatable bonds is 3. The minimum atomic E-state index is 0.139. The Morgan fingerprint density at radius 3 is 2.38 bits per heavy atom. The van der Waals surface area contributed by atoms with Crippen LogP contribution in [0.2, 0.25) is 0 Å². The summed E-state index contributed by atoms with van der Waals surface area (Å²) in [6.07, 6.45) is 1.49. The van der Waals surface area contributed by atoms with Crippen LogP contribution in [0.15, 0.2) is 60.0 Å². The molecule has 24 heavy (non-hydrogen) atoms. The lowest BCUT2D eigenvalue weighted by molar-refractivity contribution is 0.331. The summed E-state index contributed by atoms with van der Waals surface area (Å²) in [5, 5.41) is 5.08. The Morgan fingerprint density at radius 1 is 0.958 bits per heavy atom. The van der Waals surface area contributed by atoms with Crippen molar-refractivity contribution in [3.63, 3.8) is 0 Å². The topological polar surface area (TPSA) is 47.4 Å². The molecule has 3 rings (SSSR count). The second-order valence-electron chi connectivity index (χ2n) is 6.79. The molecule has 4 nitrogen and oxygen atoms in total. The molecule has 1 heterocycles. The fourth-order valence-electron chi connectivity index (χ4n) is 2.43. The van der Waals surface area contributed by atoms with E-state index < -0.39 is 0 Å². The molecule has 0 aliphatic carbocycles. The molecule has 0 amide bonds. The van der Waals surface area contributed by atoms with Gasteiger partial charge in [0.1, 0.15) is 6.33 Å². The van der Waals surface area contributed by atoms with Crippen molar-refractivity contribution >= 4 is 16.6 Å². The van der Waals surface area contributed by atoms with Crippen LogP contribution in [0.4, 0.5) is 0 Å². The first kappa shape index (κ1) is 16.1. The van der Waals surface area contributed by atoms with E-state index in [1.807, 2.05) is 31.2 Å². The minimum absolute atomic E-state index is 0.139. The number of hydrogen-bond acceptors (Lipinski definition) is 4. The maximum atomic E-state index is 5.57. The fourth-order valence-corrected chi connectivity index (χ4v) is 2.43. The van der Waals surface area contributed by atoms with Crippen LogP contribution in [0.1, 0.15) is 38.8 Å². The normalized spacial score (nSPS) is 12.4. The van der Waals surface area contributed by atoms with Crippen molar-refractivity contribution in [2.75, 3.05) is 0 Å². The molecule has 122 valence electrons. The van der Waals surface area contributed by atoms with E-state index >= 15 is 0 Å². The van der Waals surface area contributed by atoms with E-state index in [9.17, 15) is 0 Å². The van der Waals surface area contributed by atoms with Gasteiger partial charge in [-0.15, -0.1) is 0 Å². The highest BCUT2D eigenvalue weighted by molar-refractivity contribution is 5.98. The summed E-state index contributed by atoms with van der Waals surface area (Å²) < 4.78 is 0. The van der Waals surface area contributed by atoms with Crippen LogP contribution in [0.25, 0.3) is 10.9 Å². The van der Waals surface area contributed by atoms with Gasteiger partial charge in [-0.1, -0.05) is 62.3 Å². The largest absolute Gasteiger partial charge is 0.335 e. The zero-order chi connectivity index (χ0) is 17.2. The monoisotopic (exact) mass is 319 g/mol. The van der Waals surface area contributed by atoms with Crippen molar-refractivity contribution in [3.05, 3.63) is 66.0 Å². The van der Waals surface area contributed by atoms with E-state index in [0.29, 0.717) is 5.88 Å². The van der Waals surface area contributed by atoms with Crippen LogP contribution in [0, 0.1) is 0 Å². The molecular weight excluding hydrogens is 298 g/mol. The molecule has 0 unspecified atom stereocenters. The Morgan fingerprint density at radius 2 is 1.67 bits per heavy atom. The van der Waals surface area contributed by atoms with Crippen molar-refractivity contribution in [3.8, 4) is 5.88 Å². The highest BCUT2D eigenvalue weighted by atomic mass is 16.6. The Balaban J connectivity index is 1.83. The van der Waals surface area contributed by atoms with E-state index in [1.165, 1.54) is 11.9 Å². The van der Waals surface area contributed by atoms with Gasteiger partial charge in [0.15, 0.2) is 0 Å². The second kappa shape index (κ2) is 6.40. The van der Waals surface area contributed by atoms with Gasteiger partial charge in [-0.3, -0.25) is 0 Å².